The normalized spacial score (nSPS) is 16.9. The van der Waals surface area contributed by atoms with Gasteiger partial charge < -0.3 is 9.64 Å². The summed E-state index contributed by atoms with van der Waals surface area (Å²) in [5.74, 6) is 1.12. The summed E-state index contributed by atoms with van der Waals surface area (Å²) < 4.78 is 5.38. The first-order valence-corrected chi connectivity index (χ1v) is 7.74. The lowest BCUT2D eigenvalue weighted by molar-refractivity contribution is -0.137. The Morgan fingerprint density at radius 3 is 2.62 bits per heavy atom. The van der Waals surface area contributed by atoms with Gasteiger partial charge >= 0.3 is 0 Å². The molecule has 1 aliphatic heterocycles. The van der Waals surface area contributed by atoms with E-state index in [4.69, 9.17) is 4.74 Å². The molecule has 0 spiro atoms. The van der Waals surface area contributed by atoms with Crippen LogP contribution in [0.3, 0.4) is 0 Å². The number of carbonyl (C=O) groups excluding carboxylic acids is 1. The summed E-state index contributed by atoms with van der Waals surface area (Å²) >= 11 is 0. The van der Waals surface area contributed by atoms with Crippen LogP contribution in [-0.2, 0) is 11.3 Å². The van der Waals surface area contributed by atoms with Crippen molar-refractivity contribution >= 4 is 5.91 Å². The number of para-hydroxylation sites is 1. The topological polar surface area (TPSA) is 32.8 Å². The molecule has 1 atom stereocenters. The zero-order valence-electron chi connectivity index (χ0n) is 13.3. The first-order valence-electron chi connectivity index (χ1n) is 7.74. The van der Waals surface area contributed by atoms with E-state index in [0.29, 0.717) is 6.54 Å². The van der Waals surface area contributed by atoms with Crippen LogP contribution in [0.25, 0.3) is 0 Å². The smallest absolute Gasteiger partial charge is 0.239 e. The number of hydrogen-bond acceptors (Lipinski definition) is 3. The molecule has 1 aromatic carbocycles. The maximum Gasteiger partial charge on any atom is 0.239 e. The molecule has 0 saturated carbocycles. The van der Waals surface area contributed by atoms with E-state index in [-0.39, 0.29) is 11.9 Å². The fourth-order valence-electron chi connectivity index (χ4n) is 2.81. The highest BCUT2D eigenvalue weighted by molar-refractivity contribution is 5.81. The van der Waals surface area contributed by atoms with Gasteiger partial charge in [-0.2, -0.15) is 0 Å². The maximum atomic E-state index is 12.5. The summed E-state index contributed by atoms with van der Waals surface area (Å²) in [6.07, 6.45) is 3.51. The Balaban J connectivity index is 1.98. The molecular weight excluding hydrogens is 264 g/mol. The van der Waals surface area contributed by atoms with Crippen LogP contribution in [0.5, 0.6) is 5.75 Å². The minimum Gasteiger partial charge on any atom is -0.496 e. The lowest BCUT2D eigenvalue weighted by atomic mass is 10.1. The number of ether oxygens (including phenoxy) is 1. The minimum atomic E-state index is -0.104. The number of amides is 1. The molecule has 0 N–H and O–H groups in total. The number of rotatable bonds is 5. The molecule has 0 bridgehead atoms. The van der Waals surface area contributed by atoms with E-state index < -0.39 is 0 Å². The Kier molecular flexibility index (Phi) is 5.62. The molecule has 0 radical (unpaired) electrons. The van der Waals surface area contributed by atoms with Gasteiger partial charge in [0.2, 0.25) is 5.91 Å². The van der Waals surface area contributed by atoms with Crippen molar-refractivity contribution in [2.75, 3.05) is 27.2 Å². The number of likely N-dealkylation sites (tertiary alicyclic amines) is 1. The number of likely N-dealkylation sites (N-methyl/N-ethyl adjacent to an activating group) is 1. The van der Waals surface area contributed by atoms with Gasteiger partial charge in [0.1, 0.15) is 5.75 Å². The van der Waals surface area contributed by atoms with Crippen LogP contribution in [0.4, 0.5) is 0 Å². The minimum absolute atomic E-state index is 0.104. The molecule has 116 valence electrons. The molecule has 0 aromatic heterocycles. The molecule has 1 heterocycles. The third kappa shape index (κ3) is 3.97. The van der Waals surface area contributed by atoms with Crippen LogP contribution in [0.2, 0.25) is 0 Å². The third-order valence-electron chi connectivity index (χ3n) is 4.30. The van der Waals surface area contributed by atoms with Crippen molar-refractivity contribution in [3.05, 3.63) is 29.8 Å². The van der Waals surface area contributed by atoms with E-state index in [1.54, 1.807) is 7.11 Å². The Morgan fingerprint density at radius 1 is 1.29 bits per heavy atom. The van der Waals surface area contributed by atoms with Crippen LogP contribution in [-0.4, -0.2) is 49.0 Å². The van der Waals surface area contributed by atoms with Crippen molar-refractivity contribution in [1.29, 1.82) is 0 Å². The van der Waals surface area contributed by atoms with Crippen molar-refractivity contribution in [3.63, 3.8) is 0 Å². The predicted octanol–water partition coefficient (Wildman–Crippen LogP) is 2.53. The number of nitrogens with zero attached hydrogens (tertiary/aromatic N) is 2. The monoisotopic (exact) mass is 290 g/mol. The maximum absolute atomic E-state index is 12.5. The Bertz CT molecular complexity index is 470. The van der Waals surface area contributed by atoms with Crippen molar-refractivity contribution in [2.45, 2.75) is 38.8 Å². The van der Waals surface area contributed by atoms with Gasteiger partial charge in [0.05, 0.1) is 13.2 Å². The fraction of sp³-hybridized carbons (Fsp3) is 0.588. The molecule has 0 aliphatic carbocycles. The van der Waals surface area contributed by atoms with E-state index in [1.807, 2.05) is 43.1 Å². The SMILES string of the molecule is COc1ccccc1CN(C)C(C)C(=O)N1CCCCC1. The first kappa shape index (κ1) is 15.8. The van der Waals surface area contributed by atoms with Crippen LogP contribution >= 0.6 is 0 Å². The number of hydrogen-bond donors (Lipinski definition) is 0. The van der Waals surface area contributed by atoms with Gasteiger partial charge in [-0.15, -0.1) is 0 Å². The summed E-state index contributed by atoms with van der Waals surface area (Å²) in [7, 11) is 3.68. The average Bonchev–Trinajstić information content (AvgIpc) is 2.54. The molecular formula is C17H26N2O2. The van der Waals surface area contributed by atoms with Crippen molar-refractivity contribution in [2.24, 2.45) is 0 Å². The predicted molar refractivity (Wildman–Crippen MR) is 84.4 cm³/mol. The van der Waals surface area contributed by atoms with Crippen molar-refractivity contribution in [3.8, 4) is 5.75 Å². The molecule has 1 aromatic rings. The zero-order valence-corrected chi connectivity index (χ0v) is 13.3. The molecule has 1 saturated heterocycles. The van der Waals surface area contributed by atoms with Gasteiger partial charge in [-0.25, -0.2) is 0 Å². The van der Waals surface area contributed by atoms with Crippen LogP contribution in [0, 0.1) is 0 Å². The highest BCUT2D eigenvalue weighted by atomic mass is 16.5. The van der Waals surface area contributed by atoms with Crippen LogP contribution in [0.1, 0.15) is 31.7 Å². The second-order valence-corrected chi connectivity index (χ2v) is 5.79. The van der Waals surface area contributed by atoms with Gasteiger partial charge in [0, 0.05) is 25.2 Å². The van der Waals surface area contributed by atoms with Crippen molar-refractivity contribution < 1.29 is 9.53 Å². The number of methoxy groups -OCH3 is 1. The molecule has 2 rings (SSSR count). The summed E-state index contributed by atoms with van der Waals surface area (Å²) in [6, 6.07) is 7.87. The summed E-state index contributed by atoms with van der Waals surface area (Å²) in [5, 5.41) is 0. The van der Waals surface area contributed by atoms with Crippen molar-refractivity contribution in [1.82, 2.24) is 9.80 Å². The lowest BCUT2D eigenvalue weighted by Crippen LogP contribution is -2.47. The Morgan fingerprint density at radius 2 is 1.95 bits per heavy atom. The highest BCUT2D eigenvalue weighted by Gasteiger charge is 2.25. The van der Waals surface area contributed by atoms with Crippen LogP contribution in [0.15, 0.2) is 24.3 Å². The standard InChI is InChI=1S/C17H26N2O2/c1-14(17(20)19-11-7-4-8-12-19)18(2)13-15-9-5-6-10-16(15)21-3/h5-6,9-10,14H,4,7-8,11-13H2,1-3H3. The number of carbonyl (C=O) groups is 1. The lowest BCUT2D eigenvalue weighted by Gasteiger charge is -2.33. The van der Waals surface area contributed by atoms with Gasteiger partial charge in [0.15, 0.2) is 0 Å². The highest BCUT2D eigenvalue weighted by Crippen LogP contribution is 2.20. The number of benzene rings is 1. The summed E-state index contributed by atoms with van der Waals surface area (Å²) in [4.78, 5) is 16.6. The fourth-order valence-corrected chi connectivity index (χ4v) is 2.81. The zero-order chi connectivity index (χ0) is 15.2. The Hall–Kier alpha value is -1.55. The average molecular weight is 290 g/mol. The summed E-state index contributed by atoms with van der Waals surface area (Å²) in [5.41, 5.74) is 1.11. The third-order valence-corrected chi connectivity index (χ3v) is 4.30. The second-order valence-electron chi connectivity index (χ2n) is 5.79. The number of piperidine rings is 1. The van der Waals surface area contributed by atoms with E-state index >= 15 is 0 Å². The molecule has 1 unspecified atom stereocenters. The molecule has 1 aliphatic rings. The van der Waals surface area contributed by atoms with Gasteiger partial charge in [0.25, 0.3) is 0 Å². The molecule has 1 fully saturated rings. The first-order chi connectivity index (χ1) is 10.1. The van der Waals surface area contributed by atoms with Crippen LogP contribution < -0.4 is 4.74 Å². The van der Waals surface area contributed by atoms with E-state index in [9.17, 15) is 4.79 Å². The molecule has 4 heteroatoms. The molecule has 4 nitrogen and oxygen atoms in total. The molecule has 1 amide bonds. The Labute approximate surface area is 127 Å². The largest absolute Gasteiger partial charge is 0.496 e. The van der Waals surface area contributed by atoms with Gasteiger partial charge in [-0.1, -0.05) is 18.2 Å². The quantitative estimate of drug-likeness (QED) is 0.835. The molecule has 21 heavy (non-hydrogen) atoms. The van der Waals surface area contributed by atoms with Gasteiger partial charge in [-0.05, 0) is 39.3 Å². The van der Waals surface area contributed by atoms with E-state index in [0.717, 1.165) is 37.2 Å². The summed E-state index contributed by atoms with van der Waals surface area (Å²) in [6.45, 7) is 4.52. The second kappa shape index (κ2) is 7.46. The van der Waals surface area contributed by atoms with E-state index in [2.05, 4.69) is 4.90 Å². The van der Waals surface area contributed by atoms with Gasteiger partial charge in [-0.3, -0.25) is 9.69 Å². The van der Waals surface area contributed by atoms with E-state index in [1.165, 1.54) is 6.42 Å².